The van der Waals surface area contributed by atoms with Crippen molar-refractivity contribution in [3.8, 4) is 10.8 Å². The second kappa shape index (κ2) is 5.61. The van der Waals surface area contributed by atoms with Crippen LogP contribution in [0, 0.1) is 12.8 Å². The van der Waals surface area contributed by atoms with E-state index in [1.165, 1.54) is 11.3 Å². The quantitative estimate of drug-likeness (QED) is 0.926. The van der Waals surface area contributed by atoms with Gasteiger partial charge in [0.1, 0.15) is 11.5 Å². The van der Waals surface area contributed by atoms with Gasteiger partial charge >= 0.3 is 0 Å². The number of hydrogen-bond donors (Lipinski definition) is 1. The number of aliphatic hydroxyl groups is 1. The SMILES string of the molecule is Cc1ccc(-c2nc(C(=O)N3CCC(C)C(O)C3)cs2)o1. The van der Waals surface area contributed by atoms with Crippen molar-refractivity contribution in [1.82, 2.24) is 9.88 Å². The average molecular weight is 306 g/mol. The van der Waals surface area contributed by atoms with E-state index in [-0.39, 0.29) is 11.8 Å². The minimum Gasteiger partial charge on any atom is -0.459 e. The summed E-state index contributed by atoms with van der Waals surface area (Å²) < 4.78 is 5.52. The first-order valence-corrected chi connectivity index (χ1v) is 7.92. The summed E-state index contributed by atoms with van der Waals surface area (Å²) in [5, 5.41) is 12.4. The summed E-state index contributed by atoms with van der Waals surface area (Å²) in [6.45, 7) is 4.93. The zero-order valence-electron chi connectivity index (χ0n) is 12.1. The largest absolute Gasteiger partial charge is 0.459 e. The highest BCUT2D eigenvalue weighted by Gasteiger charge is 2.29. The van der Waals surface area contributed by atoms with Crippen LogP contribution < -0.4 is 0 Å². The summed E-state index contributed by atoms with van der Waals surface area (Å²) in [6, 6.07) is 3.73. The number of nitrogens with zero attached hydrogens (tertiary/aromatic N) is 2. The van der Waals surface area contributed by atoms with Crippen molar-refractivity contribution >= 4 is 17.2 Å². The molecular weight excluding hydrogens is 288 g/mol. The predicted octanol–water partition coefficient (Wildman–Crippen LogP) is 2.55. The molecule has 1 fully saturated rings. The van der Waals surface area contributed by atoms with Crippen molar-refractivity contribution in [2.24, 2.45) is 5.92 Å². The third kappa shape index (κ3) is 2.87. The first kappa shape index (κ1) is 14.3. The summed E-state index contributed by atoms with van der Waals surface area (Å²) in [4.78, 5) is 18.5. The van der Waals surface area contributed by atoms with Crippen LogP contribution in [0.25, 0.3) is 10.8 Å². The summed E-state index contributed by atoms with van der Waals surface area (Å²) in [6.07, 6.45) is 0.370. The van der Waals surface area contributed by atoms with Gasteiger partial charge in [-0.1, -0.05) is 6.92 Å². The number of carbonyl (C=O) groups excluding carboxylic acids is 1. The van der Waals surface area contributed by atoms with Gasteiger partial charge in [0.15, 0.2) is 10.8 Å². The van der Waals surface area contributed by atoms with E-state index in [0.717, 1.165) is 12.2 Å². The van der Waals surface area contributed by atoms with Crippen molar-refractivity contribution < 1.29 is 14.3 Å². The minimum absolute atomic E-state index is 0.119. The zero-order chi connectivity index (χ0) is 15.0. The number of piperidine rings is 1. The number of carbonyl (C=O) groups is 1. The molecule has 0 radical (unpaired) electrons. The Morgan fingerprint density at radius 2 is 2.33 bits per heavy atom. The molecule has 1 aliphatic rings. The average Bonchev–Trinajstić information content (AvgIpc) is 3.09. The number of amides is 1. The predicted molar refractivity (Wildman–Crippen MR) is 80.2 cm³/mol. The van der Waals surface area contributed by atoms with E-state index in [2.05, 4.69) is 4.98 Å². The van der Waals surface area contributed by atoms with Crippen molar-refractivity contribution in [1.29, 1.82) is 0 Å². The molecule has 1 N–H and O–H groups in total. The summed E-state index contributed by atoms with van der Waals surface area (Å²) in [7, 11) is 0. The van der Waals surface area contributed by atoms with Gasteiger partial charge in [-0.05, 0) is 31.4 Å². The van der Waals surface area contributed by atoms with Gasteiger partial charge in [-0.15, -0.1) is 11.3 Å². The van der Waals surface area contributed by atoms with Crippen molar-refractivity contribution in [2.45, 2.75) is 26.4 Å². The van der Waals surface area contributed by atoms with Crippen LogP contribution in [-0.2, 0) is 0 Å². The lowest BCUT2D eigenvalue weighted by molar-refractivity contribution is 0.0246. The highest BCUT2D eigenvalue weighted by atomic mass is 32.1. The molecule has 112 valence electrons. The first-order chi connectivity index (χ1) is 10.0. The van der Waals surface area contributed by atoms with Gasteiger partial charge in [0, 0.05) is 18.5 Å². The lowest BCUT2D eigenvalue weighted by Gasteiger charge is -2.33. The summed E-state index contributed by atoms with van der Waals surface area (Å²) in [5.41, 5.74) is 0.422. The Kier molecular flexibility index (Phi) is 3.82. The van der Waals surface area contributed by atoms with Crippen molar-refractivity contribution in [3.05, 3.63) is 29.0 Å². The van der Waals surface area contributed by atoms with E-state index in [1.807, 2.05) is 26.0 Å². The Balaban J connectivity index is 1.75. The lowest BCUT2D eigenvalue weighted by Crippen LogP contribution is -2.45. The number of β-amino-alcohol motifs (C(OH)–C–C–N with tert-alkyl or cyclic N) is 1. The molecule has 1 aliphatic heterocycles. The molecular formula is C15H18N2O3S. The fourth-order valence-corrected chi connectivity index (χ4v) is 3.18. The molecule has 0 saturated carbocycles. The van der Waals surface area contributed by atoms with Gasteiger partial charge in [-0.25, -0.2) is 4.98 Å². The summed E-state index contributed by atoms with van der Waals surface area (Å²) >= 11 is 1.39. The van der Waals surface area contributed by atoms with E-state index < -0.39 is 6.10 Å². The molecule has 6 heteroatoms. The van der Waals surface area contributed by atoms with Crippen LogP contribution >= 0.6 is 11.3 Å². The van der Waals surface area contributed by atoms with Gasteiger partial charge in [-0.3, -0.25) is 4.79 Å². The van der Waals surface area contributed by atoms with Gasteiger partial charge < -0.3 is 14.4 Å². The maximum atomic E-state index is 12.4. The van der Waals surface area contributed by atoms with Crippen molar-refractivity contribution in [2.75, 3.05) is 13.1 Å². The molecule has 0 aliphatic carbocycles. The molecule has 21 heavy (non-hydrogen) atoms. The number of aliphatic hydroxyl groups excluding tert-OH is 1. The monoisotopic (exact) mass is 306 g/mol. The maximum absolute atomic E-state index is 12.4. The number of thiazole rings is 1. The molecule has 1 saturated heterocycles. The first-order valence-electron chi connectivity index (χ1n) is 7.04. The molecule has 5 nitrogen and oxygen atoms in total. The number of furan rings is 1. The molecule has 0 spiro atoms. The van der Waals surface area contributed by atoms with Crippen LogP contribution in [0.4, 0.5) is 0 Å². The number of aryl methyl sites for hydroxylation is 1. The van der Waals surface area contributed by atoms with Gasteiger partial charge in [0.05, 0.1) is 6.10 Å². The Labute approximate surface area is 127 Å². The van der Waals surface area contributed by atoms with Crippen LogP contribution in [-0.4, -0.2) is 40.1 Å². The van der Waals surface area contributed by atoms with E-state index >= 15 is 0 Å². The number of aromatic nitrogens is 1. The highest BCUT2D eigenvalue weighted by molar-refractivity contribution is 7.13. The molecule has 0 aromatic carbocycles. The fraction of sp³-hybridized carbons (Fsp3) is 0.467. The number of hydrogen-bond acceptors (Lipinski definition) is 5. The normalized spacial score (nSPS) is 22.5. The Bertz CT molecular complexity index is 649. The second-order valence-electron chi connectivity index (χ2n) is 5.53. The van der Waals surface area contributed by atoms with E-state index in [1.54, 1.807) is 10.3 Å². The maximum Gasteiger partial charge on any atom is 0.273 e. The highest BCUT2D eigenvalue weighted by Crippen LogP contribution is 2.27. The fourth-order valence-electron chi connectivity index (χ4n) is 2.43. The third-order valence-electron chi connectivity index (χ3n) is 3.88. The molecule has 3 rings (SSSR count). The molecule has 2 atom stereocenters. The Hall–Kier alpha value is -1.66. The standard InChI is InChI=1S/C15H18N2O3S/c1-9-5-6-17(7-12(9)18)15(19)11-8-21-14(16-11)13-4-3-10(2)20-13/h3-4,8-9,12,18H,5-7H2,1-2H3. The zero-order valence-corrected chi connectivity index (χ0v) is 12.9. The van der Waals surface area contributed by atoms with E-state index in [9.17, 15) is 9.90 Å². The number of likely N-dealkylation sites (tertiary alicyclic amines) is 1. The van der Waals surface area contributed by atoms with Crippen LogP contribution in [0.2, 0.25) is 0 Å². The molecule has 2 aromatic heterocycles. The molecule has 0 bridgehead atoms. The smallest absolute Gasteiger partial charge is 0.273 e. The van der Waals surface area contributed by atoms with Crippen LogP contribution in [0.15, 0.2) is 21.9 Å². The van der Waals surface area contributed by atoms with Crippen LogP contribution in [0.5, 0.6) is 0 Å². The van der Waals surface area contributed by atoms with Gasteiger partial charge in [0.2, 0.25) is 0 Å². The van der Waals surface area contributed by atoms with Gasteiger partial charge in [-0.2, -0.15) is 0 Å². The topological polar surface area (TPSA) is 66.6 Å². The summed E-state index contributed by atoms with van der Waals surface area (Å²) in [5.74, 6) is 1.63. The molecule has 1 amide bonds. The van der Waals surface area contributed by atoms with E-state index in [4.69, 9.17) is 4.42 Å². The minimum atomic E-state index is -0.450. The molecule has 3 heterocycles. The van der Waals surface area contributed by atoms with E-state index in [0.29, 0.717) is 29.6 Å². The van der Waals surface area contributed by atoms with Crippen LogP contribution in [0.3, 0.4) is 0 Å². The van der Waals surface area contributed by atoms with Crippen LogP contribution in [0.1, 0.15) is 29.6 Å². The number of rotatable bonds is 2. The Morgan fingerprint density at radius 1 is 1.52 bits per heavy atom. The third-order valence-corrected chi connectivity index (χ3v) is 4.74. The van der Waals surface area contributed by atoms with Gasteiger partial charge in [0.25, 0.3) is 5.91 Å². The van der Waals surface area contributed by atoms with Crippen molar-refractivity contribution in [3.63, 3.8) is 0 Å². The second-order valence-corrected chi connectivity index (χ2v) is 6.39. The Morgan fingerprint density at radius 3 is 3.00 bits per heavy atom. The lowest BCUT2D eigenvalue weighted by atomic mass is 9.96. The molecule has 2 aromatic rings. The molecule has 2 unspecified atom stereocenters.